The summed E-state index contributed by atoms with van der Waals surface area (Å²) < 4.78 is 12.8. The normalized spacial score (nSPS) is 12.1. The molecule has 110 valence electrons. The van der Waals surface area contributed by atoms with Crippen LogP contribution < -0.4 is 4.74 Å². The number of pyridine rings is 1. The molecule has 20 heavy (non-hydrogen) atoms. The zero-order chi connectivity index (χ0) is 14.8. The summed E-state index contributed by atoms with van der Waals surface area (Å²) in [6.07, 6.45) is 1.70. The first-order chi connectivity index (χ1) is 9.40. The Balaban J connectivity index is 2.09. The summed E-state index contributed by atoms with van der Waals surface area (Å²) in [5.41, 5.74) is 1.38. The van der Waals surface area contributed by atoms with Crippen LogP contribution in [-0.4, -0.2) is 36.3 Å². The smallest absolute Gasteiger partial charge is 0.167 e. The highest BCUT2D eigenvalue weighted by Gasteiger charge is 2.14. The average Bonchev–Trinajstić information content (AvgIpc) is 2.75. The second-order valence-electron chi connectivity index (χ2n) is 5.88. The number of fused-ring (bicyclic) bond motifs is 1. The second kappa shape index (κ2) is 6.11. The van der Waals surface area contributed by atoms with Gasteiger partial charge in [0.05, 0.1) is 13.4 Å². The minimum absolute atomic E-state index is 0.387. The highest BCUT2D eigenvalue weighted by atomic mass is 35.5. The predicted molar refractivity (Wildman–Crippen MR) is 83.2 cm³/mol. The molecule has 7 heteroatoms. The van der Waals surface area contributed by atoms with Gasteiger partial charge in [0.15, 0.2) is 11.4 Å². The lowest BCUT2D eigenvalue weighted by molar-refractivity contribution is 0.0895. The molecule has 0 spiro atoms. The fourth-order valence-electron chi connectivity index (χ4n) is 1.77. The average molecular weight is 314 g/mol. The molecular formula is C13H20ClN3O2Si. The molecule has 0 amide bonds. The number of methoxy groups -OCH3 is 1. The largest absolute Gasteiger partial charge is 0.494 e. The molecule has 2 aromatic heterocycles. The van der Waals surface area contributed by atoms with E-state index in [1.807, 2.05) is 4.57 Å². The number of rotatable bonds is 6. The minimum atomic E-state index is -1.06. The van der Waals surface area contributed by atoms with Crippen molar-refractivity contribution in [3.8, 4) is 5.75 Å². The Morgan fingerprint density at radius 3 is 2.75 bits per heavy atom. The molecule has 0 aliphatic rings. The molecule has 0 unspecified atom stereocenters. The van der Waals surface area contributed by atoms with Gasteiger partial charge in [-0.15, -0.1) is 0 Å². The van der Waals surface area contributed by atoms with Crippen LogP contribution in [0.25, 0.3) is 11.2 Å². The molecular weight excluding hydrogens is 294 g/mol. The lowest BCUT2D eigenvalue weighted by Crippen LogP contribution is -2.22. The number of aromatic nitrogens is 3. The van der Waals surface area contributed by atoms with E-state index >= 15 is 0 Å². The zero-order valence-electron chi connectivity index (χ0n) is 12.3. The quantitative estimate of drug-likeness (QED) is 0.466. The predicted octanol–water partition coefficient (Wildman–Crippen LogP) is 3.41. The SMILES string of the molecule is COc1cc(Cl)nc2c1ncn2COCC[Si](C)(C)C. The van der Waals surface area contributed by atoms with Gasteiger partial charge >= 0.3 is 0 Å². The highest BCUT2D eigenvalue weighted by Crippen LogP contribution is 2.25. The fourth-order valence-corrected chi connectivity index (χ4v) is 2.70. The molecule has 0 saturated heterocycles. The number of hydrogen-bond donors (Lipinski definition) is 0. The van der Waals surface area contributed by atoms with Gasteiger partial charge in [0.2, 0.25) is 0 Å². The Morgan fingerprint density at radius 2 is 2.10 bits per heavy atom. The van der Waals surface area contributed by atoms with Gasteiger partial charge in [0.1, 0.15) is 17.4 Å². The molecule has 0 aliphatic heterocycles. The fraction of sp³-hybridized carbons (Fsp3) is 0.538. The summed E-state index contributed by atoms with van der Waals surface area (Å²) >= 11 is 5.99. The molecule has 2 heterocycles. The molecule has 0 radical (unpaired) electrons. The van der Waals surface area contributed by atoms with E-state index in [-0.39, 0.29) is 0 Å². The van der Waals surface area contributed by atoms with E-state index in [2.05, 4.69) is 29.6 Å². The summed E-state index contributed by atoms with van der Waals surface area (Å²) in [4.78, 5) is 8.59. The molecule has 0 saturated carbocycles. The van der Waals surface area contributed by atoms with Crippen molar-refractivity contribution in [1.29, 1.82) is 0 Å². The van der Waals surface area contributed by atoms with Crippen molar-refractivity contribution in [2.45, 2.75) is 32.4 Å². The Hall–Kier alpha value is -1.11. The molecule has 0 atom stereocenters. The van der Waals surface area contributed by atoms with Gasteiger partial charge in [-0.1, -0.05) is 31.2 Å². The van der Waals surface area contributed by atoms with Crippen LogP contribution in [0, 0.1) is 0 Å². The van der Waals surface area contributed by atoms with Crippen LogP contribution in [0.3, 0.4) is 0 Å². The Morgan fingerprint density at radius 1 is 1.35 bits per heavy atom. The molecule has 0 aliphatic carbocycles. The number of imidazole rings is 1. The van der Waals surface area contributed by atoms with E-state index in [0.29, 0.717) is 28.8 Å². The summed E-state index contributed by atoms with van der Waals surface area (Å²) in [6.45, 7) is 8.17. The van der Waals surface area contributed by atoms with Crippen LogP contribution >= 0.6 is 11.6 Å². The van der Waals surface area contributed by atoms with Gasteiger partial charge in [-0.25, -0.2) is 9.97 Å². The third kappa shape index (κ3) is 3.71. The van der Waals surface area contributed by atoms with Crippen molar-refractivity contribution in [2.24, 2.45) is 0 Å². The van der Waals surface area contributed by atoms with Gasteiger partial charge in [0, 0.05) is 20.7 Å². The Bertz CT molecular complexity index is 595. The Labute approximate surface area is 124 Å². The van der Waals surface area contributed by atoms with Crippen LogP contribution in [0.4, 0.5) is 0 Å². The number of ether oxygens (including phenoxy) is 2. The lowest BCUT2D eigenvalue weighted by Gasteiger charge is -2.15. The van der Waals surface area contributed by atoms with Crippen molar-refractivity contribution in [1.82, 2.24) is 14.5 Å². The molecule has 5 nitrogen and oxygen atoms in total. The van der Waals surface area contributed by atoms with Crippen LogP contribution in [0.2, 0.25) is 30.8 Å². The summed E-state index contributed by atoms with van der Waals surface area (Å²) in [7, 11) is 0.529. The molecule has 2 aromatic rings. The monoisotopic (exact) mass is 313 g/mol. The topological polar surface area (TPSA) is 49.2 Å². The first-order valence-corrected chi connectivity index (χ1v) is 10.6. The van der Waals surface area contributed by atoms with Crippen molar-refractivity contribution < 1.29 is 9.47 Å². The second-order valence-corrected chi connectivity index (χ2v) is 11.9. The van der Waals surface area contributed by atoms with Gasteiger partial charge in [-0.05, 0) is 6.04 Å². The molecule has 0 aromatic carbocycles. The summed E-state index contributed by atoms with van der Waals surface area (Å²) in [5.74, 6) is 0.626. The molecule has 0 N–H and O–H groups in total. The van der Waals surface area contributed by atoms with Gasteiger partial charge in [-0.3, -0.25) is 4.57 Å². The van der Waals surface area contributed by atoms with E-state index < -0.39 is 8.07 Å². The van der Waals surface area contributed by atoms with Gasteiger partial charge in [-0.2, -0.15) is 0 Å². The van der Waals surface area contributed by atoms with Crippen LogP contribution in [0.5, 0.6) is 5.75 Å². The van der Waals surface area contributed by atoms with Gasteiger partial charge < -0.3 is 9.47 Å². The maximum absolute atomic E-state index is 5.99. The zero-order valence-corrected chi connectivity index (χ0v) is 14.1. The van der Waals surface area contributed by atoms with E-state index in [1.54, 1.807) is 19.5 Å². The van der Waals surface area contributed by atoms with Crippen LogP contribution in [-0.2, 0) is 11.5 Å². The van der Waals surface area contributed by atoms with E-state index in [1.165, 1.54) is 0 Å². The summed E-state index contributed by atoms with van der Waals surface area (Å²) in [5, 5.41) is 0.387. The van der Waals surface area contributed by atoms with E-state index in [0.717, 1.165) is 12.7 Å². The maximum Gasteiger partial charge on any atom is 0.167 e. The van der Waals surface area contributed by atoms with Crippen molar-refractivity contribution in [3.63, 3.8) is 0 Å². The first-order valence-electron chi connectivity index (χ1n) is 6.54. The van der Waals surface area contributed by atoms with E-state index in [9.17, 15) is 0 Å². The number of halogens is 1. The molecule has 0 bridgehead atoms. The molecule has 0 fully saturated rings. The van der Waals surface area contributed by atoms with Crippen LogP contribution in [0.1, 0.15) is 0 Å². The third-order valence-electron chi connectivity index (χ3n) is 2.95. The van der Waals surface area contributed by atoms with Crippen LogP contribution in [0.15, 0.2) is 12.4 Å². The van der Waals surface area contributed by atoms with Crippen molar-refractivity contribution in [3.05, 3.63) is 17.5 Å². The van der Waals surface area contributed by atoms with Gasteiger partial charge in [0.25, 0.3) is 0 Å². The summed E-state index contributed by atoms with van der Waals surface area (Å²) in [6, 6.07) is 2.80. The first kappa shape index (κ1) is 15.3. The number of hydrogen-bond acceptors (Lipinski definition) is 4. The minimum Gasteiger partial charge on any atom is -0.494 e. The third-order valence-corrected chi connectivity index (χ3v) is 4.85. The van der Waals surface area contributed by atoms with E-state index in [4.69, 9.17) is 21.1 Å². The van der Waals surface area contributed by atoms with Crippen molar-refractivity contribution >= 4 is 30.8 Å². The maximum atomic E-state index is 5.99. The lowest BCUT2D eigenvalue weighted by atomic mass is 10.4. The van der Waals surface area contributed by atoms with Crippen molar-refractivity contribution in [2.75, 3.05) is 13.7 Å². The molecule has 2 rings (SSSR count). The Kier molecular flexibility index (Phi) is 4.67. The standard InChI is InChI=1S/C13H20ClN3O2Si/c1-18-10-7-11(14)16-13-12(10)15-8-17(13)9-19-5-6-20(2,3)4/h7-8H,5-6,9H2,1-4H3. The number of nitrogens with zero attached hydrogens (tertiary/aromatic N) is 3. The highest BCUT2D eigenvalue weighted by molar-refractivity contribution is 6.76.